The van der Waals surface area contributed by atoms with E-state index in [0.29, 0.717) is 5.56 Å². The van der Waals surface area contributed by atoms with Crippen LogP contribution < -0.4 is 0 Å². The number of rotatable bonds is 2. The van der Waals surface area contributed by atoms with Crippen LogP contribution in [0.1, 0.15) is 19.4 Å². The molecule has 2 rings (SSSR count). The van der Waals surface area contributed by atoms with Crippen LogP contribution in [0.3, 0.4) is 0 Å². The Hall–Kier alpha value is -1.89. The molecular weight excluding hydrogens is 268 g/mol. The SMILES string of the molecule is CN(C1=NS(=O)(=O)c2ccccc21)C(C)(C)C(=O)O. The first-order chi connectivity index (χ1) is 8.68. The minimum Gasteiger partial charge on any atom is -0.480 e. The molecule has 1 N–H and O–H groups in total. The zero-order valence-electron chi connectivity index (χ0n) is 10.8. The lowest BCUT2D eigenvalue weighted by Gasteiger charge is -2.33. The van der Waals surface area contributed by atoms with Crippen LogP contribution in [0.15, 0.2) is 33.6 Å². The molecule has 7 heteroatoms. The molecule has 0 aromatic heterocycles. The largest absolute Gasteiger partial charge is 0.480 e. The summed E-state index contributed by atoms with van der Waals surface area (Å²) in [6.45, 7) is 2.98. The smallest absolute Gasteiger partial charge is 0.328 e. The van der Waals surface area contributed by atoms with E-state index in [1.165, 1.54) is 31.9 Å². The fourth-order valence-corrected chi connectivity index (χ4v) is 2.97. The highest BCUT2D eigenvalue weighted by Crippen LogP contribution is 2.29. The summed E-state index contributed by atoms with van der Waals surface area (Å²) >= 11 is 0. The summed E-state index contributed by atoms with van der Waals surface area (Å²) in [5.74, 6) is -0.900. The predicted molar refractivity (Wildman–Crippen MR) is 69.6 cm³/mol. The molecule has 0 fully saturated rings. The van der Waals surface area contributed by atoms with Gasteiger partial charge in [-0.25, -0.2) is 4.79 Å². The number of fused-ring (bicyclic) bond motifs is 1. The molecule has 1 aromatic carbocycles. The van der Waals surface area contributed by atoms with Crippen molar-refractivity contribution in [2.24, 2.45) is 4.40 Å². The van der Waals surface area contributed by atoms with E-state index < -0.39 is 21.5 Å². The zero-order chi connectivity index (χ0) is 14.4. The number of hydrogen-bond acceptors (Lipinski definition) is 4. The van der Waals surface area contributed by atoms with Gasteiger partial charge in [-0.3, -0.25) is 0 Å². The van der Waals surface area contributed by atoms with Gasteiger partial charge in [0, 0.05) is 12.6 Å². The Bertz CT molecular complexity index is 677. The molecule has 19 heavy (non-hydrogen) atoms. The molecule has 102 valence electrons. The quantitative estimate of drug-likeness (QED) is 0.872. The first kappa shape index (κ1) is 13.5. The van der Waals surface area contributed by atoms with Gasteiger partial charge in [-0.05, 0) is 26.0 Å². The van der Waals surface area contributed by atoms with Gasteiger partial charge in [0.25, 0.3) is 10.0 Å². The summed E-state index contributed by atoms with van der Waals surface area (Å²) in [5.41, 5.74) is -0.828. The molecule has 0 radical (unpaired) electrons. The third-order valence-corrected chi connectivity index (χ3v) is 4.62. The molecule has 1 aromatic rings. The van der Waals surface area contributed by atoms with Crippen LogP contribution in [0.5, 0.6) is 0 Å². The Morgan fingerprint density at radius 1 is 1.32 bits per heavy atom. The van der Waals surface area contributed by atoms with E-state index in [2.05, 4.69) is 4.40 Å². The van der Waals surface area contributed by atoms with Crippen molar-refractivity contribution in [1.29, 1.82) is 0 Å². The molecule has 1 aliphatic heterocycles. The number of carboxylic acid groups (broad SMARTS) is 1. The highest BCUT2D eigenvalue weighted by atomic mass is 32.2. The van der Waals surface area contributed by atoms with Crippen LogP contribution in [-0.4, -0.2) is 42.8 Å². The first-order valence-corrected chi connectivity index (χ1v) is 7.03. The monoisotopic (exact) mass is 282 g/mol. The van der Waals surface area contributed by atoms with Gasteiger partial charge in [0.1, 0.15) is 10.4 Å². The maximum absolute atomic E-state index is 11.9. The van der Waals surface area contributed by atoms with Crippen molar-refractivity contribution in [1.82, 2.24) is 4.90 Å². The number of carboxylic acids is 1. The Kier molecular flexibility index (Phi) is 2.89. The van der Waals surface area contributed by atoms with Crippen molar-refractivity contribution in [2.75, 3.05) is 7.05 Å². The molecule has 0 saturated heterocycles. The standard InChI is InChI=1S/C12H14N2O4S/c1-12(2,11(15)16)14(3)10-8-6-4-5-7-9(8)19(17,18)13-10/h4-7H,1-3H3,(H,15,16). The summed E-state index contributed by atoms with van der Waals surface area (Å²) in [6, 6.07) is 6.38. The second-order valence-electron chi connectivity index (χ2n) is 4.81. The lowest BCUT2D eigenvalue weighted by atomic mass is 10.0. The number of benzene rings is 1. The number of sulfonamides is 1. The van der Waals surface area contributed by atoms with Crippen LogP contribution in [0, 0.1) is 0 Å². The van der Waals surface area contributed by atoms with Gasteiger partial charge in [0.15, 0.2) is 5.84 Å². The first-order valence-electron chi connectivity index (χ1n) is 5.59. The minimum absolute atomic E-state index is 0.109. The Morgan fingerprint density at radius 2 is 1.89 bits per heavy atom. The average Bonchev–Trinajstić information content (AvgIpc) is 2.61. The molecule has 0 aliphatic carbocycles. The summed E-state index contributed by atoms with van der Waals surface area (Å²) < 4.78 is 27.5. The number of nitrogens with zero attached hydrogens (tertiary/aromatic N) is 2. The van der Waals surface area contributed by atoms with E-state index in [9.17, 15) is 18.3 Å². The van der Waals surface area contributed by atoms with Gasteiger partial charge in [0.05, 0.1) is 0 Å². The fourth-order valence-electron chi connectivity index (χ4n) is 1.74. The summed E-state index contributed by atoms with van der Waals surface area (Å²) in [4.78, 5) is 12.7. The van der Waals surface area contributed by atoms with Crippen LogP contribution in [0.25, 0.3) is 0 Å². The highest BCUT2D eigenvalue weighted by Gasteiger charge is 2.39. The summed E-state index contributed by atoms with van der Waals surface area (Å²) in [6.07, 6.45) is 0. The van der Waals surface area contributed by atoms with E-state index in [0.717, 1.165) is 0 Å². The van der Waals surface area contributed by atoms with Crippen LogP contribution >= 0.6 is 0 Å². The normalized spacial score (nSPS) is 16.7. The van der Waals surface area contributed by atoms with Crippen molar-refractivity contribution < 1.29 is 18.3 Å². The second-order valence-corrected chi connectivity index (χ2v) is 6.38. The van der Waals surface area contributed by atoms with Gasteiger partial charge in [-0.2, -0.15) is 8.42 Å². The van der Waals surface area contributed by atoms with E-state index in [1.54, 1.807) is 18.2 Å². The topological polar surface area (TPSA) is 87.0 Å². The third-order valence-electron chi connectivity index (χ3n) is 3.29. The van der Waals surface area contributed by atoms with Crippen molar-refractivity contribution in [2.45, 2.75) is 24.3 Å². The van der Waals surface area contributed by atoms with Gasteiger partial charge in [0.2, 0.25) is 0 Å². The van der Waals surface area contributed by atoms with Crippen molar-refractivity contribution in [3.63, 3.8) is 0 Å². The predicted octanol–water partition coefficient (Wildman–Crippen LogP) is 0.931. The molecule has 1 aliphatic rings. The lowest BCUT2D eigenvalue weighted by molar-refractivity contribution is -0.146. The molecule has 0 saturated carbocycles. The summed E-state index contributed by atoms with van der Waals surface area (Å²) in [5, 5.41) is 9.20. The molecule has 0 unspecified atom stereocenters. The van der Waals surface area contributed by atoms with E-state index >= 15 is 0 Å². The second kappa shape index (κ2) is 4.06. The molecule has 0 spiro atoms. The highest BCUT2D eigenvalue weighted by molar-refractivity contribution is 7.90. The average molecular weight is 282 g/mol. The number of hydrogen-bond donors (Lipinski definition) is 1. The molecule has 0 bridgehead atoms. The van der Waals surface area contributed by atoms with Gasteiger partial charge in [-0.15, -0.1) is 4.40 Å². The Labute approximate surface area is 111 Å². The van der Waals surface area contributed by atoms with E-state index in [-0.39, 0.29) is 10.7 Å². The maximum atomic E-state index is 11.9. The van der Waals surface area contributed by atoms with Crippen LogP contribution in [0.2, 0.25) is 0 Å². The van der Waals surface area contributed by atoms with Gasteiger partial charge in [-0.1, -0.05) is 12.1 Å². The minimum atomic E-state index is -3.73. The number of likely N-dealkylation sites (N-methyl/N-ethyl adjacent to an activating group) is 1. The maximum Gasteiger partial charge on any atom is 0.328 e. The molecule has 1 heterocycles. The summed E-state index contributed by atoms with van der Waals surface area (Å²) in [7, 11) is -2.21. The van der Waals surface area contributed by atoms with Crippen molar-refractivity contribution in [3.8, 4) is 0 Å². The number of carbonyl (C=O) groups is 1. The van der Waals surface area contributed by atoms with Crippen molar-refractivity contribution >= 4 is 21.8 Å². The third kappa shape index (κ3) is 1.99. The molecule has 0 atom stereocenters. The van der Waals surface area contributed by atoms with E-state index in [4.69, 9.17) is 0 Å². The Morgan fingerprint density at radius 3 is 2.47 bits per heavy atom. The number of amidine groups is 1. The molecular formula is C12H14N2O4S. The van der Waals surface area contributed by atoms with Crippen molar-refractivity contribution in [3.05, 3.63) is 29.8 Å². The van der Waals surface area contributed by atoms with E-state index in [1.807, 2.05) is 0 Å². The zero-order valence-corrected chi connectivity index (χ0v) is 11.6. The molecule has 0 amide bonds. The van der Waals surface area contributed by atoms with Crippen LogP contribution in [0.4, 0.5) is 0 Å². The van der Waals surface area contributed by atoms with Gasteiger partial charge >= 0.3 is 5.97 Å². The fraction of sp³-hybridized carbons (Fsp3) is 0.333. The van der Waals surface area contributed by atoms with Gasteiger partial charge < -0.3 is 10.0 Å². The lowest BCUT2D eigenvalue weighted by Crippen LogP contribution is -2.50. The van der Waals surface area contributed by atoms with Crippen LogP contribution in [-0.2, 0) is 14.8 Å². The molecule has 6 nitrogen and oxygen atoms in total. The Balaban J connectivity index is 2.58. The number of aliphatic carboxylic acids is 1.